The van der Waals surface area contributed by atoms with E-state index in [-0.39, 0.29) is 5.25 Å². The van der Waals surface area contributed by atoms with Crippen LogP contribution in [0.2, 0.25) is 0 Å². The average Bonchev–Trinajstić information content (AvgIpc) is 2.35. The molecule has 0 aromatic heterocycles. The van der Waals surface area contributed by atoms with E-state index in [0.717, 1.165) is 38.8 Å². The van der Waals surface area contributed by atoms with Gasteiger partial charge in [-0.15, -0.1) is 0 Å². The van der Waals surface area contributed by atoms with Gasteiger partial charge in [-0.05, 0) is 32.2 Å². The SMILES string of the molecule is CCCOCCCNS(=O)(=O)C1CCCNC1. The maximum atomic E-state index is 11.9. The zero-order valence-electron chi connectivity index (χ0n) is 10.6. The molecule has 0 amide bonds. The molecule has 0 aliphatic carbocycles. The summed E-state index contributed by atoms with van der Waals surface area (Å²) in [6, 6.07) is 0. The molecule has 1 aliphatic heterocycles. The molecule has 0 bridgehead atoms. The van der Waals surface area contributed by atoms with E-state index in [1.54, 1.807) is 0 Å². The summed E-state index contributed by atoms with van der Waals surface area (Å²) in [5.74, 6) is 0. The third-order valence-corrected chi connectivity index (χ3v) is 4.69. The lowest BCUT2D eigenvalue weighted by Crippen LogP contribution is -2.44. The third-order valence-electron chi connectivity index (χ3n) is 2.81. The summed E-state index contributed by atoms with van der Waals surface area (Å²) in [6.45, 7) is 5.40. The highest BCUT2D eigenvalue weighted by molar-refractivity contribution is 7.90. The minimum Gasteiger partial charge on any atom is -0.381 e. The molecule has 102 valence electrons. The Morgan fingerprint density at radius 3 is 2.88 bits per heavy atom. The zero-order chi connectivity index (χ0) is 12.6. The lowest BCUT2D eigenvalue weighted by molar-refractivity contribution is 0.133. The summed E-state index contributed by atoms with van der Waals surface area (Å²) in [7, 11) is -3.14. The first-order chi connectivity index (χ1) is 8.17. The van der Waals surface area contributed by atoms with E-state index in [0.29, 0.717) is 19.7 Å². The van der Waals surface area contributed by atoms with Gasteiger partial charge >= 0.3 is 0 Å². The van der Waals surface area contributed by atoms with Crippen molar-refractivity contribution < 1.29 is 13.2 Å². The molecule has 0 aromatic rings. The molecular weight excluding hydrogens is 240 g/mol. The van der Waals surface area contributed by atoms with Crippen LogP contribution >= 0.6 is 0 Å². The Hall–Kier alpha value is -0.170. The van der Waals surface area contributed by atoms with Crippen LogP contribution in [-0.2, 0) is 14.8 Å². The maximum Gasteiger partial charge on any atom is 0.215 e. The number of rotatable bonds is 8. The summed E-state index contributed by atoms with van der Waals surface area (Å²) < 4.78 is 31.7. The summed E-state index contributed by atoms with van der Waals surface area (Å²) in [5, 5.41) is 2.84. The minimum atomic E-state index is -3.14. The molecule has 0 aromatic carbocycles. The molecule has 1 unspecified atom stereocenters. The summed E-state index contributed by atoms with van der Waals surface area (Å²) in [6.07, 6.45) is 3.43. The van der Waals surface area contributed by atoms with Crippen LogP contribution in [0.25, 0.3) is 0 Å². The van der Waals surface area contributed by atoms with Gasteiger partial charge in [-0.2, -0.15) is 0 Å². The van der Waals surface area contributed by atoms with Crippen molar-refractivity contribution in [3.8, 4) is 0 Å². The van der Waals surface area contributed by atoms with Crippen molar-refractivity contribution in [2.24, 2.45) is 0 Å². The summed E-state index contributed by atoms with van der Waals surface area (Å²) in [4.78, 5) is 0. The van der Waals surface area contributed by atoms with E-state index in [9.17, 15) is 8.42 Å². The predicted molar refractivity (Wildman–Crippen MR) is 68.5 cm³/mol. The molecule has 1 fully saturated rings. The number of piperidine rings is 1. The second-order valence-corrected chi connectivity index (χ2v) is 6.42. The molecule has 1 heterocycles. The van der Waals surface area contributed by atoms with Gasteiger partial charge in [0, 0.05) is 26.3 Å². The zero-order valence-corrected chi connectivity index (χ0v) is 11.4. The molecule has 0 spiro atoms. The molecule has 6 heteroatoms. The van der Waals surface area contributed by atoms with Gasteiger partial charge in [0.25, 0.3) is 0 Å². The van der Waals surface area contributed by atoms with Crippen LogP contribution in [0, 0.1) is 0 Å². The summed E-state index contributed by atoms with van der Waals surface area (Å²) >= 11 is 0. The van der Waals surface area contributed by atoms with Gasteiger partial charge in [0.1, 0.15) is 0 Å². The average molecular weight is 264 g/mol. The molecular formula is C11H24N2O3S. The molecule has 1 saturated heterocycles. The van der Waals surface area contributed by atoms with Gasteiger partial charge in [-0.3, -0.25) is 0 Å². The van der Waals surface area contributed by atoms with Crippen molar-refractivity contribution in [3.05, 3.63) is 0 Å². The molecule has 0 saturated carbocycles. The fraction of sp³-hybridized carbons (Fsp3) is 1.00. The van der Waals surface area contributed by atoms with Crippen molar-refractivity contribution in [3.63, 3.8) is 0 Å². The van der Waals surface area contributed by atoms with Crippen molar-refractivity contribution in [2.75, 3.05) is 32.8 Å². The van der Waals surface area contributed by atoms with Crippen LogP contribution in [-0.4, -0.2) is 46.5 Å². The van der Waals surface area contributed by atoms with Crippen LogP contribution in [0.5, 0.6) is 0 Å². The standard InChI is InChI=1S/C11H24N2O3S/c1-2-8-16-9-4-7-13-17(14,15)11-5-3-6-12-10-11/h11-13H,2-10H2,1H3. The van der Waals surface area contributed by atoms with Crippen molar-refractivity contribution in [2.45, 2.75) is 37.9 Å². The molecule has 2 N–H and O–H groups in total. The lowest BCUT2D eigenvalue weighted by Gasteiger charge is -2.22. The molecule has 1 rings (SSSR count). The smallest absolute Gasteiger partial charge is 0.215 e. The minimum absolute atomic E-state index is 0.271. The number of ether oxygens (including phenoxy) is 1. The number of sulfonamides is 1. The maximum absolute atomic E-state index is 11.9. The Morgan fingerprint density at radius 1 is 1.41 bits per heavy atom. The first kappa shape index (κ1) is 14.9. The fourth-order valence-electron chi connectivity index (χ4n) is 1.84. The van der Waals surface area contributed by atoms with E-state index in [1.807, 2.05) is 0 Å². The van der Waals surface area contributed by atoms with E-state index < -0.39 is 10.0 Å². The van der Waals surface area contributed by atoms with Crippen molar-refractivity contribution in [1.29, 1.82) is 0 Å². The van der Waals surface area contributed by atoms with Gasteiger partial charge in [-0.1, -0.05) is 6.92 Å². The Morgan fingerprint density at radius 2 is 2.24 bits per heavy atom. The van der Waals surface area contributed by atoms with E-state index in [2.05, 4.69) is 17.0 Å². The Labute approximate surface area is 104 Å². The highest BCUT2D eigenvalue weighted by Gasteiger charge is 2.26. The second-order valence-electron chi connectivity index (χ2n) is 4.37. The molecule has 17 heavy (non-hydrogen) atoms. The Balaban J connectivity index is 2.15. The van der Waals surface area contributed by atoms with E-state index >= 15 is 0 Å². The van der Waals surface area contributed by atoms with Gasteiger partial charge in [0.2, 0.25) is 10.0 Å². The van der Waals surface area contributed by atoms with Crippen LogP contribution in [0.4, 0.5) is 0 Å². The quantitative estimate of drug-likeness (QED) is 0.626. The van der Waals surface area contributed by atoms with Crippen molar-refractivity contribution >= 4 is 10.0 Å². The lowest BCUT2D eigenvalue weighted by atomic mass is 10.2. The van der Waals surface area contributed by atoms with Crippen LogP contribution < -0.4 is 10.0 Å². The first-order valence-corrected chi connectivity index (χ1v) is 7.98. The van der Waals surface area contributed by atoms with Gasteiger partial charge in [0.15, 0.2) is 0 Å². The van der Waals surface area contributed by atoms with Crippen molar-refractivity contribution in [1.82, 2.24) is 10.0 Å². The molecule has 1 aliphatic rings. The normalized spacial score (nSPS) is 21.6. The highest BCUT2D eigenvalue weighted by atomic mass is 32.2. The third kappa shape index (κ3) is 5.81. The highest BCUT2D eigenvalue weighted by Crippen LogP contribution is 2.10. The monoisotopic (exact) mass is 264 g/mol. The second kappa shape index (κ2) is 8.02. The predicted octanol–water partition coefficient (Wildman–Crippen LogP) is 0.475. The molecule has 1 atom stereocenters. The summed E-state index contributed by atoms with van der Waals surface area (Å²) in [5.41, 5.74) is 0. The molecule has 0 radical (unpaired) electrons. The number of hydrogen-bond donors (Lipinski definition) is 2. The van der Waals surface area contributed by atoms with Gasteiger partial charge in [-0.25, -0.2) is 13.1 Å². The number of hydrogen-bond acceptors (Lipinski definition) is 4. The van der Waals surface area contributed by atoms with Crippen LogP contribution in [0.15, 0.2) is 0 Å². The topological polar surface area (TPSA) is 67.4 Å². The van der Waals surface area contributed by atoms with Gasteiger partial charge < -0.3 is 10.1 Å². The van der Waals surface area contributed by atoms with Crippen LogP contribution in [0.3, 0.4) is 0 Å². The fourth-order valence-corrected chi connectivity index (χ4v) is 3.32. The van der Waals surface area contributed by atoms with Gasteiger partial charge in [0.05, 0.1) is 5.25 Å². The first-order valence-electron chi connectivity index (χ1n) is 6.43. The van der Waals surface area contributed by atoms with E-state index in [1.165, 1.54) is 0 Å². The molecule has 5 nitrogen and oxygen atoms in total. The number of nitrogens with one attached hydrogen (secondary N) is 2. The van der Waals surface area contributed by atoms with E-state index in [4.69, 9.17) is 4.74 Å². The van der Waals surface area contributed by atoms with Crippen LogP contribution in [0.1, 0.15) is 32.6 Å². The largest absolute Gasteiger partial charge is 0.381 e. The Bertz CT molecular complexity index is 287. The Kier molecular flexibility index (Phi) is 7.03.